The van der Waals surface area contributed by atoms with Gasteiger partial charge in [-0.1, -0.05) is 18.2 Å². The van der Waals surface area contributed by atoms with E-state index < -0.39 is 11.9 Å². The molecule has 2 rings (SSSR count). The zero-order valence-corrected chi connectivity index (χ0v) is 16.5. The summed E-state index contributed by atoms with van der Waals surface area (Å²) in [5.74, 6) is -0.599. The van der Waals surface area contributed by atoms with Crippen molar-refractivity contribution >= 4 is 23.2 Å². The van der Waals surface area contributed by atoms with Crippen LogP contribution in [0.2, 0.25) is 0 Å². The predicted molar refractivity (Wildman–Crippen MR) is 109 cm³/mol. The number of nitrogens with one attached hydrogen (secondary N) is 2. The number of esters is 2. The molecule has 0 atom stereocenters. The fraction of sp³-hybridized carbons (Fsp3) is 0.190. The Morgan fingerprint density at radius 3 is 2.45 bits per heavy atom. The summed E-state index contributed by atoms with van der Waals surface area (Å²) in [6.07, 6.45) is 4.33. The molecule has 1 heterocycles. The van der Waals surface area contributed by atoms with Gasteiger partial charge in [-0.15, -0.1) is 0 Å². The van der Waals surface area contributed by atoms with Gasteiger partial charge < -0.3 is 24.8 Å². The number of ether oxygens (including phenoxy) is 3. The molecule has 2 aromatic rings. The molecule has 0 aliphatic heterocycles. The Morgan fingerprint density at radius 1 is 1.03 bits per heavy atom. The molecule has 0 fully saturated rings. The minimum atomic E-state index is -0.632. The van der Waals surface area contributed by atoms with E-state index in [1.807, 2.05) is 12.1 Å². The van der Waals surface area contributed by atoms with Gasteiger partial charge in [-0.05, 0) is 31.2 Å². The topological polar surface area (TPSA) is 98.8 Å². The number of carbonyl (C=O) groups excluding carboxylic acids is 2. The number of para-hydroxylation sites is 2. The van der Waals surface area contributed by atoms with Crippen molar-refractivity contribution in [1.29, 1.82) is 0 Å². The molecule has 2 N–H and O–H groups in total. The summed E-state index contributed by atoms with van der Waals surface area (Å²) in [4.78, 5) is 28.6. The molecule has 8 nitrogen and oxygen atoms in total. The van der Waals surface area contributed by atoms with E-state index in [-0.39, 0.29) is 17.9 Å². The second-order valence-electron chi connectivity index (χ2n) is 5.53. The first kappa shape index (κ1) is 21.5. The van der Waals surface area contributed by atoms with Crippen molar-refractivity contribution in [3.8, 4) is 5.75 Å². The lowest BCUT2D eigenvalue weighted by Crippen LogP contribution is -2.20. The van der Waals surface area contributed by atoms with Gasteiger partial charge in [0.25, 0.3) is 0 Å². The average molecular weight is 397 g/mol. The first-order valence-corrected chi connectivity index (χ1v) is 8.84. The Bertz CT molecular complexity index is 894. The second kappa shape index (κ2) is 11.1. The minimum Gasteiger partial charge on any atom is -0.495 e. The number of pyridine rings is 1. The lowest BCUT2D eigenvalue weighted by Gasteiger charge is -2.11. The summed E-state index contributed by atoms with van der Waals surface area (Å²) in [5.41, 5.74) is 1.29. The van der Waals surface area contributed by atoms with Crippen LogP contribution in [0.15, 0.2) is 66.8 Å². The van der Waals surface area contributed by atoms with Crippen molar-refractivity contribution in [2.24, 2.45) is 0 Å². The standard InChI is InChI=1S/C21H23N3O5/c1-4-29-20(25)15(16-9-7-8-12-22-16)13-23-18(21(26)28-3)14-24-17-10-5-6-11-19(17)27-2/h5-14,23-24H,4H2,1-3H3/b15-13+,18-14+. The molecule has 0 bridgehead atoms. The molecule has 8 heteroatoms. The quantitative estimate of drug-likeness (QED) is 0.492. The molecule has 1 aromatic heterocycles. The Morgan fingerprint density at radius 2 is 1.79 bits per heavy atom. The molecule has 0 aliphatic rings. The summed E-state index contributed by atoms with van der Waals surface area (Å²) in [6.45, 7) is 1.91. The third-order valence-electron chi connectivity index (χ3n) is 3.69. The maximum Gasteiger partial charge on any atom is 0.355 e. The number of benzene rings is 1. The van der Waals surface area contributed by atoms with Gasteiger partial charge in [0.2, 0.25) is 0 Å². The highest BCUT2D eigenvalue weighted by atomic mass is 16.5. The highest BCUT2D eigenvalue weighted by Gasteiger charge is 2.16. The third-order valence-corrected chi connectivity index (χ3v) is 3.69. The van der Waals surface area contributed by atoms with Crippen molar-refractivity contribution < 1.29 is 23.8 Å². The van der Waals surface area contributed by atoms with Crippen LogP contribution in [0.4, 0.5) is 5.69 Å². The molecule has 0 radical (unpaired) electrons. The van der Waals surface area contributed by atoms with Crippen molar-refractivity contribution in [1.82, 2.24) is 10.3 Å². The van der Waals surface area contributed by atoms with Crippen molar-refractivity contribution in [2.75, 3.05) is 26.1 Å². The van der Waals surface area contributed by atoms with Crippen LogP contribution in [0.3, 0.4) is 0 Å². The third kappa shape index (κ3) is 6.10. The molecule has 0 spiro atoms. The van der Waals surface area contributed by atoms with Gasteiger partial charge in [-0.2, -0.15) is 0 Å². The molecular weight excluding hydrogens is 374 g/mol. The number of methoxy groups -OCH3 is 2. The van der Waals surface area contributed by atoms with Crippen molar-refractivity contribution in [2.45, 2.75) is 6.92 Å². The van der Waals surface area contributed by atoms with E-state index >= 15 is 0 Å². The highest BCUT2D eigenvalue weighted by molar-refractivity contribution is 6.15. The number of anilines is 1. The van der Waals surface area contributed by atoms with Crippen LogP contribution in [0.5, 0.6) is 5.75 Å². The van der Waals surface area contributed by atoms with Crippen molar-refractivity contribution in [3.63, 3.8) is 0 Å². The first-order valence-electron chi connectivity index (χ1n) is 8.84. The number of hydrogen-bond acceptors (Lipinski definition) is 8. The van der Waals surface area contributed by atoms with Gasteiger partial charge in [0.15, 0.2) is 0 Å². The SMILES string of the molecule is CCOC(=O)/C(=C/N/C(=C/Nc1ccccc1OC)C(=O)OC)c1ccccn1. The summed E-state index contributed by atoms with van der Waals surface area (Å²) in [7, 11) is 2.81. The second-order valence-corrected chi connectivity index (χ2v) is 5.53. The van der Waals surface area contributed by atoms with Crippen LogP contribution in [0.25, 0.3) is 5.57 Å². The first-order chi connectivity index (χ1) is 14.1. The van der Waals surface area contributed by atoms with Crippen LogP contribution < -0.4 is 15.4 Å². The average Bonchev–Trinajstić information content (AvgIpc) is 2.76. The zero-order chi connectivity index (χ0) is 21.1. The van der Waals surface area contributed by atoms with Gasteiger partial charge >= 0.3 is 11.9 Å². The minimum absolute atomic E-state index is 0.0659. The predicted octanol–water partition coefficient (Wildman–Crippen LogP) is 2.71. The Labute approximate surface area is 169 Å². The maximum atomic E-state index is 12.3. The van der Waals surface area contributed by atoms with Gasteiger partial charge in [-0.25, -0.2) is 9.59 Å². The molecule has 1 aromatic carbocycles. The van der Waals surface area contributed by atoms with Gasteiger partial charge in [-0.3, -0.25) is 4.98 Å². The molecule has 0 amide bonds. The normalized spacial score (nSPS) is 11.4. The summed E-state index contributed by atoms with van der Waals surface area (Å²) in [6, 6.07) is 12.4. The maximum absolute atomic E-state index is 12.3. The van der Waals surface area contributed by atoms with Crippen LogP contribution >= 0.6 is 0 Å². The van der Waals surface area contributed by atoms with E-state index in [0.717, 1.165) is 0 Å². The Hall–Kier alpha value is -3.81. The number of hydrogen-bond donors (Lipinski definition) is 2. The molecule has 0 aliphatic carbocycles. The van der Waals surface area contributed by atoms with Gasteiger partial charge in [0.1, 0.15) is 17.0 Å². The number of nitrogens with zero attached hydrogens (tertiary/aromatic N) is 1. The Kier molecular flexibility index (Phi) is 8.25. The molecular formula is C21H23N3O5. The lowest BCUT2D eigenvalue weighted by atomic mass is 10.2. The van der Waals surface area contributed by atoms with E-state index in [0.29, 0.717) is 17.1 Å². The largest absolute Gasteiger partial charge is 0.495 e. The van der Waals surface area contributed by atoms with Crippen molar-refractivity contribution in [3.05, 3.63) is 72.5 Å². The smallest absolute Gasteiger partial charge is 0.355 e. The molecule has 0 saturated carbocycles. The van der Waals surface area contributed by atoms with Crippen LogP contribution in [0.1, 0.15) is 12.6 Å². The molecule has 152 valence electrons. The lowest BCUT2D eigenvalue weighted by molar-refractivity contribution is -0.137. The number of rotatable bonds is 9. The van der Waals surface area contributed by atoms with E-state index in [2.05, 4.69) is 15.6 Å². The summed E-state index contributed by atoms with van der Waals surface area (Å²) in [5, 5.41) is 5.78. The van der Waals surface area contributed by atoms with Crippen LogP contribution in [0, 0.1) is 0 Å². The highest BCUT2D eigenvalue weighted by Crippen LogP contribution is 2.23. The summed E-state index contributed by atoms with van der Waals surface area (Å²) < 4.78 is 15.2. The molecule has 29 heavy (non-hydrogen) atoms. The van der Waals surface area contributed by atoms with E-state index in [1.165, 1.54) is 19.5 Å². The van der Waals surface area contributed by atoms with Gasteiger partial charge in [0.05, 0.1) is 32.2 Å². The van der Waals surface area contributed by atoms with E-state index in [1.54, 1.807) is 50.6 Å². The van der Waals surface area contributed by atoms with E-state index in [4.69, 9.17) is 14.2 Å². The van der Waals surface area contributed by atoms with Crippen LogP contribution in [-0.2, 0) is 19.1 Å². The van der Waals surface area contributed by atoms with Gasteiger partial charge in [0, 0.05) is 18.6 Å². The fourth-order valence-electron chi connectivity index (χ4n) is 2.30. The van der Waals surface area contributed by atoms with E-state index in [9.17, 15) is 9.59 Å². The van der Waals surface area contributed by atoms with Crippen LogP contribution in [-0.4, -0.2) is 37.7 Å². The number of carbonyl (C=O) groups is 2. The number of aromatic nitrogens is 1. The molecule has 0 saturated heterocycles. The monoisotopic (exact) mass is 397 g/mol. The Balaban J connectivity index is 2.31. The fourth-order valence-corrected chi connectivity index (χ4v) is 2.30. The zero-order valence-electron chi connectivity index (χ0n) is 16.5. The molecule has 0 unspecified atom stereocenters. The summed E-state index contributed by atoms with van der Waals surface area (Å²) >= 11 is 0.